The Bertz CT molecular complexity index is 346. The zero-order valence-electron chi connectivity index (χ0n) is 21.3. The van der Waals surface area contributed by atoms with Crippen molar-refractivity contribution in [1.29, 1.82) is 0 Å². The molecule has 3 heteroatoms. The maximum Gasteiger partial charge on any atom is 0.282 e. The Morgan fingerprint density at radius 2 is 1.00 bits per heavy atom. The van der Waals surface area contributed by atoms with Crippen molar-refractivity contribution in [2.45, 2.75) is 125 Å². The van der Waals surface area contributed by atoms with Gasteiger partial charge in [-0.3, -0.25) is 0 Å². The zero-order chi connectivity index (χ0) is 22.7. The molecule has 0 heterocycles. The molecule has 0 fully saturated rings. The summed E-state index contributed by atoms with van der Waals surface area (Å²) in [6, 6.07) is 0. The number of rotatable bonds is 22. The molecule has 0 aliphatic carbocycles. The summed E-state index contributed by atoms with van der Waals surface area (Å²) in [5.41, 5.74) is 0. The van der Waals surface area contributed by atoms with Gasteiger partial charge >= 0.3 is 0 Å². The number of hydrogen-bond acceptors (Lipinski definition) is 3. The number of hydrogen-bond donors (Lipinski definition) is 0. The fourth-order valence-corrected chi connectivity index (χ4v) is 3.02. The molecule has 0 bridgehead atoms. The molecule has 0 spiro atoms. The van der Waals surface area contributed by atoms with E-state index in [1.807, 2.05) is 6.08 Å². The van der Waals surface area contributed by atoms with Crippen LogP contribution in [0.15, 0.2) is 12.7 Å². The predicted octanol–water partition coefficient (Wildman–Crippen LogP) is 8.53. The van der Waals surface area contributed by atoms with E-state index in [2.05, 4.69) is 48.1 Å². The van der Waals surface area contributed by atoms with E-state index in [0.29, 0.717) is 37.6 Å². The zero-order valence-corrected chi connectivity index (χ0v) is 21.3. The summed E-state index contributed by atoms with van der Waals surface area (Å²) >= 11 is 0. The third kappa shape index (κ3) is 15.4. The molecule has 0 aromatic heterocycles. The van der Waals surface area contributed by atoms with E-state index < -0.39 is 5.97 Å². The highest BCUT2D eigenvalue weighted by atomic mass is 16.9. The second-order valence-electron chi connectivity index (χ2n) is 9.46. The van der Waals surface area contributed by atoms with E-state index in [-0.39, 0.29) is 0 Å². The molecule has 30 heavy (non-hydrogen) atoms. The van der Waals surface area contributed by atoms with Crippen molar-refractivity contribution in [2.24, 2.45) is 17.8 Å². The molecular weight excluding hydrogens is 372 g/mol. The number of unbranched alkanes of at least 4 members (excludes halogenated alkanes) is 7. The first kappa shape index (κ1) is 29.6. The van der Waals surface area contributed by atoms with Crippen molar-refractivity contribution in [1.82, 2.24) is 0 Å². The van der Waals surface area contributed by atoms with E-state index in [1.165, 1.54) is 38.5 Å². The number of allylic oxidation sites excluding steroid dienone is 1. The third-order valence-corrected chi connectivity index (χ3v) is 6.25. The van der Waals surface area contributed by atoms with Crippen molar-refractivity contribution in [3.8, 4) is 0 Å². The molecule has 0 aliphatic rings. The maximum absolute atomic E-state index is 6.39. The first-order chi connectivity index (χ1) is 14.4. The molecule has 0 saturated carbocycles. The minimum absolute atomic E-state index is 0.513. The summed E-state index contributed by atoms with van der Waals surface area (Å²) in [6.45, 7) is 19.2. The van der Waals surface area contributed by atoms with Crippen LogP contribution in [0.1, 0.15) is 119 Å². The molecule has 0 radical (unpaired) electrons. The van der Waals surface area contributed by atoms with Gasteiger partial charge in [0.25, 0.3) is 5.97 Å². The van der Waals surface area contributed by atoms with Crippen molar-refractivity contribution in [3.63, 3.8) is 0 Å². The minimum atomic E-state index is -0.875. The summed E-state index contributed by atoms with van der Waals surface area (Å²) < 4.78 is 19.2. The van der Waals surface area contributed by atoms with Crippen LogP contribution in [0.2, 0.25) is 0 Å². The largest absolute Gasteiger partial charge is 0.327 e. The molecule has 0 saturated heterocycles. The molecule has 3 atom stereocenters. The smallest absolute Gasteiger partial charge is 0.282 e. The van der Waals surface area contributed by atoms with Gasteiger partial charge in [0.2, 0.25) is 0 Å². The lowest BCUT2D eigenvalue weighted by Gasteiger charge is -2.36. The van der Waals surface area contributed by atoms with Gasteiger partial charge in [-0.25, -0.2) is 0 Å². The summed E-state index contributed by atoms with van der Waals surface area (Å²) in [7, 11) is 0. The Kier molecular flexibility index (Phi) is 19.1. The molecule has 0 amide bonds. The lowest BCUT2D eigenvalue weighted by atomic mass is 10.1. The number of ether oxygens (including phenoxy) is 3. The fourth-order valence-electron chi connectivity index (χ4n) is 3.02. The van der Waals surface area contributed by atoms with E-state index in [1.54, 1.807) is 0 Å². The van der Waals surface area contributed by atoms with Gasteiger partial charge in [-0.15, -0.1) is 6.58 Å². The highest BCUT2D eigenvalue weighted by Gasteiger charge is 2.34. The van der Waals surface area contributed by atoms with Crippen LogP contribution >= 0.6 is 0 Å². The lowest BCUT2D eigenvalue weighted by molar-refractivity contribution is -0.391. The van der Waals surface area contributed by atoms with Gasteiger partial charge in [0.1, 0.15) is 0 Å². The average Bonchev–Trinajstić information content (AvgIpc) is 2.77. The van der Waals surface area contributed by atoms with Crippen molar-refractivity contribution in [3.05, 3.63) is 12.7 Å². The van der Waals surface area contributed by atoms with E-state index in [4.69, 9.17) is 14.2 Å². The van der Waals surface area contributed by atoms with Crippen LogP contribution in [0.4, 0.5) is 0 Å². The van der Waals surface area contributed by atoms with Crippen LogP contribution in [0.25, 0.3) is 0 Å². The molecule has 3 nitrogen and oxygen atoms in total. The molecule has 3 unspecified atom stereocenters. The Balaban J connectivity index is 4.75. The fraction of sp³-hybridized carbons (Fsp3) is 0.926. The molecule has 0 aromatic carbocycles. The minimum Gasteiger partial charge on any atom is -0.327 e. The van der Waals surface area contributed by atoms with Crippen molar-refractivity contribution >= 4 is 0 Å². The lowest BCUT2D eigenvalue weighted by Crippen LogP contribution is -2.42. The Morgan fingerprint density at radius 1 is 0.633 bits per heavy atom. The Morgan fingerprint density at radius 3 is 1.37 bits per heavy atom. The van der Waals surface area contributed by atoms with Crippen LogP contribution in [0.3, 0.4) is 0 Å². The van der Waals surface area contributed by atoms with Gasteiger partial charge in [0.15, 0.2) is 0 Å². The standard InChI is InChI=1S/C27H54O3/c1-8-12-13-14-15-16-17-18-19-20-27(28-21-24(5)9-2,29-22-25(6)10-3)30-23-26(7)11-4/h8,24-26H,1,9-23H2,2-7H3. The summed E-state index contributed by atoms with van der Waals surface area (Å²) in [5, 5.41) is 0. The van der Waals surface area contributed by atoms with Crippen LogP contribution in [-0.4, -0.2) is 25.8 Å². The van der Waals surface area contributed by atoms with Crippen molar-refractivity contribution < 1.29 is 14.2 Å². The van der Waals surface area contributed by atoms with Gasteiger partial charge in [0, 0.05) is 6.42 Å². The van der Waals surface area contributed by atoms with Crippen LogP contribution < -0.4 is 0 Å². The van der Waals surface area contributed by atoms with E-state index >= 15 is 0 Å². The normalized spacial score (nSPS) is 16.7. The molecule has 0 N–H and O–H groups in total. The third-order valence-electron chi connectivity index (χ3n) is 6.25. The SMILES string of the molecule is C=CCCCCCCCCCC(OCC(C)CC)(OCC(C)CC)OCC(C)CC. The summed E-state index contributed by atoms with van der Waals surface area (Å²) in [6.07, 6.45) is 16.2. The van der Waals surface area contributed by atoms with Crippen LogP contribution in [0.5, 0.6) is 0 Å². The van der Waals surface area contributed by atoms with Crippen LogP contribution in [-0.2, 0) is 14.2 Å². The van der Waals surface area contributed by atoms with Crippen LogP contribution in [0, 0.1) is 17.8 Å². The average molecular weight is 427 g/mol. The quantitative estimate of drug-likeness (QED) is 0.0986. The summed E-state index contributed by atoms with van der Waals surface area (Å²) in [4.78, 5) is 0. The molecule has 0 rings (SSSR count). The van der Waals surface area contributed by atoms with E-state index in [9.17, 15) is 0 Å². The van der Waals surface area contributed by atoms with Gasteiger partial charge in [-0.2, -0.15) is 0 Å². The Hall–Kier alpha value is -0.380. The highest BCUT2D eigenvalue weighted by Crippen LogP contribution is 2.28. The predicted molar refractivity (Wildman–Crippen MR) is 131 cm³/mol. The first-order valence-corrected chi connectivity index (χ1v) is 13.0. The van der Waals surface area contributed by atoms with Gasteiger partial charge in [-0.1, -0.05) is 99.0 Å². The molecular formula is C27H54O3. The van der Waals surface area contributed by atoms with E-state index in [0.717, 1.165) is 38.5 Å². The Labute approximate surface area is 189 Å². The van der Waals surface area contributed by atoms with Gasteiger partial charge in [-0.05, 0) is 37.0 Å². The highest BCUT2D eigenvalue weighted by molar-refractivity contribution is 4.66. The van der Waals surface area contributed by atoms with Gasteiger partial charge in [0.05, 0.1) is 19.8 Å². The van der Waals surface area contributed by atoms with Gasteiger partial charge < -0.3 is 14.2 Å². The van der Waals surface area contributed by atoms with Crippen molar-refractivity contribution in [2.75, 3.05) is 19.8 Å². The molecule has 180 valence electrons. The molecule has 0 aliphatic heterocycles. The summed E-state index contributed by atoms with van der Waals surface area (Å²) in [5.74, 6) is 0.665. The molecule has 0 aromatic rings. The monoisotopic (exact) mass is 426 g/mol. The second kappa shape index (κ2) is 19.3. The maximum atomic E-state index is 6.39. The second-order valence-corrected chi connectivity index (χ2v) is 9.46. The first-order valence-electron chi connectivity index (χ1n) is 13.0. The topological polar surface area (TPSA) is 27.7 Å².